The van der Waals surface area contributed by atoms with Gasteiger partial charge in [-0.15, -0.1) is 0 Å². The molecule has 4 nitrogen and oxygen atoms in total. The fourth-order valence-electron chi connectivity index (χ4n) is 2.81. The second kappa shape index (κ2) is 5.31. The van der Waals surface area contributed by atoms with Crippen molar-refractivity contribution < 1.29 is 18.5 Å². The van der Waals surface area contributed by atoms with Crippen LogP contribution in [-0.2, 0) is 15.7 Å². The van der Waals surface area contributed by atoms with Crippen LogP contribution < -0.4 is 11.2 Å². The Hall–Kier alpha value is -1.40. The lowest BCUT2D eigenvalue weighted by Crippen LogP contribution is -2.41. The first-order chi connectivity index (χ1) is 10.6. The van der Waals surface area contributed by atoms with Crippen LogP contribution >= 0.6 is 0 Å². The van der Waals surface area contributed by atoms with Gasteiger partial charge in [-0.2, -0.15) is 0 Å². The Bertz CT molecular complexity index is 639. The van der Waals surface area contributed by atoms with Crippen molar-refractivity contribution in [3.05, 3.63) is 29.1 Å². The molecule has 124 valence electrons. The number of carbonyl (C=O) groups is 1. The zero-order valence-electron chi connectivity index (χ0n) is 14.1. The van der Waals surface area contributed by atoms with E-state index in [0.29, 0.717) is 23.4 Å². The average molecular weight is 319 g/mol. The average Bonchev–Trinajstić information content (AvgIpc) is 3.19. The Balaban J connectivity index is 2.03. The monoisotopic (exact) mass is 319 g/mol. The summed E-state index contributed by atoms with van der Waals surface area (Å²) in [5, 5.41) is 0. The Morgan fingerprint density at radius 2 is 1.83 bits per heavy atom. The summed E-state index contributed by atoms with van der Waals surface area (Å²) in [7, 11) is -0.692. The number of nitrogens with two attached hydrogens (primary N) is 1. The van der Waals surface area contributed by atoms with Crippen LogP contribution in [0.5, 0.6) is 0 Å². The van der Waals surface area contributed by atoms with Crippen LogP contribution in [0.4, 0.5) is 4.39 Å². The summed E-state index contributed by atoms with van der Waals surface area (Å²) in [6.45, 7) is 7.79. The molecule has 0 atom stereocenters. The summed E-state index contributed by atoms with van der Waals surface area (Å²) < 4.78 is 26.7. The lowest BCUT2D eigenvalue weighted by molar-refractivity contribution is 0.00578. The molecule has 1 aliphatic heterocycles. The maximum atomic E-state index is 14.6. The van der Waals surface area contributed by atoms with Crippen LogP contribution in [-0.4, -0.2) is 24.2 Å². The van der Waals surface area contributed by atoms with Gasteiger partial charge in [0.2, 0.25) is 5.91 Å². The third-order valence-corrected chi connectivity index (χ3v) is 5.21. The molecule has 0 unspecified atom stereocenters. The van der Waals surface area contributed by atoms with Gasteiger partial charge in [0.25, 0.3) is 0 Å². The summed E-state index contributed by atoms with van der Waals surface area (Å²) in [6.07, 6.45) is 2.87. The first-order valence-electron chi connectivity index (χ1n) is 8.08. The third kappa shape index (κ3) is 3.02. The third-order valence-electron chi connectivity index (χ3n) is 5.21. The molecule has 23 heavy (non-hydrogen) atoms. The highest BCUT2D eigenvalue weighted by Crippen LogP contribution is 2.38. The second-order valence-electron chi connectivity index (χ2n) is 7.63. The number of carbonyl (C=O) groups excluding carboxylic acids is 1. The summed E-state index contributed by atoms with van der Waals surface area (Å²) in [5.41, 5.74) is 5.61. The predicted octanol–water partition coefficient (Wildman–Crippen LogP) is 2.18. The Morgan fingerprint density at radius 3 is 2.30 bits per heavy atom. The molecule has 2 fully saturated rings. The van der Waals surface area contributed by atoms with Gasteiger partial charge in [-0.05, 0) is 76.0 Å². The van der Waals surface area contributed by atoms with Gasteiger partial charge in [0.15, 0.2) is 0 Å². The van der Waals surface area contributed by atoms with Crippen molar-refractivity contribution in [3.8, 4) is 0 Å². The zero-order valence-corrected chi connectivity index (χ0v) is 14.1. The smallest absolute Gasteiger partial charge is 0.399 e. The van der Waals surface area contributed by atoms with Crippen molar-refractivity contribution >= 4 is 18.5 Å². The van der Waals surface area contributed by atoms with E-state index < -0.39 is 30.0 Å². The topological polar surface area (TPSA) is 61.5 Å². The number of halogens is 1. The summed E-state index contributed by atoms with van der Waals surface area (Å²) >= 11 is 0. The second-order valence-corrected chi connectivity index (χ2v) is 7.63. The minimum absolute atomic E-state index is 0.145. The molecule has 2 N–H and O–H groups in total. The molecule has 1 aromatic carbocycles. The largest absolute Gasteiger partial charge is 0.495 e. The molecule has 1 amide bonds. The molecule has 6 heteroatoms. The fraction of sp³-hybridized carbons (Fsp3) is 0.588. The minimum atomic E-state index is -0.692. The highest BCUT2D eigenvalue weighted by Gasteiger charge is 2.52. The number of rotatable bonds is 4. The van der Waals surface area contributed by atoms with Gasteiger partial charge < -0.3 is 15.0 Å². The molecule has 0 radical (unpaired) electrons. The number of hydrogen-bond donors (Lipinski definition) is 1. The van der Waals surface area contributed by atoms with Gasteiger partial charge in [0, 0.05) is 5.56 Å². The van der Waals surface area contributed by atoms with Crippen molar-refractivity contribution in [3.63, 3.8) is 0 Å². The van der Waals surface area contributed by atoms with Crippen molar-refractivity contribution in [1.82, 2.24) is 0 Å². The summed E-state index contributed by atoms with van der Waals surface area (Å²) in [5.74, 6) is -0.553. The molecular weight excluding hydrogens is 296 g/mol. The summed E-state index contributed by atoms with van der Waals surface area (Å²) in [4.78, 5) is 11.5. The van der Waals surface area contributed by atoms with Gasteiger partial charge in [-0.3, -0.25) is 4.79 Å². The minimum Gasteiger partial charge on any atom is -0.399 e. The van der Waals surface area contributed by atoms with E-state index in [0.717, 1.165) is 12.8 Å². The highest BCUT2D eigenvalue weighted by molar-refractivity contribution is 6.62. The zero-order chi connectivity index (χ0) is 17.0. The first kappa shape index (κ1) is 16.5. The van der Waals surface area contributed by atoms with Crippen LogP contribution in [0.2, 0.25) is 0 Å². The maximum Gasteiger partial charge on any atom is 0.495 e. The summed E-state index contributed by atoms with van der Waals surface area (Å²) in [6, 6.07) is 2.83. The lowest BCUT2D eigenvalue weighted by atomic mass is 9.74. The SMILES string of the molecule is CC1(C)OB(c2cc(C(N)=O)cc(F)c2CC2CC2)OC1(C)C. The van der Waals surface area contributed by atoms with E-state index in [9.17, 15) is 9.18 Å². The van der Waals surface area contributed by atoms with Crippen molar-refractivity contribution in [2.45, 2.75) is 58.2 Å². The quantitative estimate of drug-likeness (QED) is 0.865. The van der Waals surface area contributed by atoms with E-state index >= 15 is 0 Å². The molecule has 1 saturated carbocycles. The van der Waals surface area contributed by atoms with Crippen LogP contribution in [0.25, 0.3) is 0 Å². The van der Waals surface area contributed by atoms with Gasteiger partial charge in [0.1, 0.15) is 5.82 Å². The van der Waals surface area contributed by atoms with E-state index in [1.54, 1.807) is 6.07 Å². The van der Waals surface area contributed by atoms with Gasteiger partial charge >= 0.3 is 7.12 Å². The van der Waals surface area contributed by atoms with E-state index in [1.165, 1.54) is 6.07 Å². The van der Waals surface area contributed by atoms with E-state index in [-0.39, 0.29) is 5.56 Å². The van der Waals surface area contributed by atoms with Gasteiger partial charge in [0.05, 0.1) is 11.2 Å². The van der Waals surface area contributed by atoms with Crippen LogP contribution in [0.1, 0.15) is 56.5 Å². The van der Waals surface area contributed by atoms with Crippen LogP contribution in [0.15, 0.2) is 12.1 Å². The highest BCUT2D eigenvalue weighted by atomic mass is 19.1. The van der Waals surface area contributed by atoms with Gasteiger partial charge in [-0.25, -0.2) is 4.39 Å². The Labute approximate surface area is 136 Å². The van der Waals surface area contributed by atoms with Gasteiger partial charge in [-0.1, -0.05) is 0 Å². The van der Waals surface area contributed by atoms with Crippen LogP contribution in [0.3, 0.4) is 0 Å². The molecule has 1 heterocycles. The molecule has 1 saturated heterocycles. The van der Waals surface area contributed by atoms with E-state index in [1.807, 2.05) is 27.7 Å². The molecule has 0 spiro atoms. The Kier molecular flexibility index (Phi) is 3.80. The molecular formula is C17H23BFNO3. The molecule has 1 aromatic rings. The normalized spacial score (nSPS) is 22.4. The van der Waals surface area contributed by atoms with Crippen molar-refractivity contribution in [1.29, 1.82) is 0 Å². The number of hydrogen-bond acceptors (Lipinski definition) is 3. The molecule has 0 aromatic heterocycles. The van der Waals surface area contributed by atoms with Crippen LogP contribution in [0, 0.1) is 11.7 Å². The first-order valence-corrected chi connectivity index (χ1v) is 8.08. The number of amides is 1. The maximum absolute atomic E-state index is 14.6. The van der Waals surface area contributed by atoms with Crippen molar-refractivity contribution in [2.75, 3.05) is 0 Å². The standard InChI is InChI=1S/C17H23BFNO3/c1-16(2)17(3,4)23-18(22-16)13-8-11(15(20)21)9-14(19)12(13)7-10-5-6-10/h8-10H,5-7H2,1-4H3,(H2,20,21). The predicted molar refractivity (Wildman–Crippen MR) is 87.1 cm³/mol. The van der Waals surface area contributed by atoms with Crippen molar-refractivity contribution in [2.24, 2.45) is 11.7 Å². The molecule has 0 bridgehead atoms. The number of primary amides is 1. The molecule has 1 aliphatic carbocycles. The Morgan fingerprint density at radius 1 is 1.26 bits per heavy atom. The fourth-order valence-corrected chi connectivity index (χ4v) is 2.81. The number of benzene rings is 1. The van der Waals surface area contributed by atoms with E-state index in [2.05, 4.69) is 0 Å². The lowest BCUT2D eigenvalue weighted by Gasteiger charge is -2.32. The molecule has 2 aliphatic rings. The molecule has 3 rings (SSSR count). The van der Waals surface area contributed by atoms with E-state index in [4.69, 9.17) is 15.0 Å².